The lowest BCUT2D eigenvalue weighted by Gasteiger charge is -2.24. The smallest absolute Gasteiger partial charge is 0.231 e. The maximum atomic E-state index is 11.8. The molecule has 0 bridgehead atoms. The van der Waals surface area contributed by atoms with Gasteiger partial charge in [-0.1, -0.05) is 30.9 Å². The molecule has 0 spiro atoms. The number of methoxy groups -OCH3 is 1. The number of nitrogens with one attached hydrogen (secondary N) is 3. The van der Waals surface area contributed by atoms with E-state index in [1.165, 1.54) is 38.5 Å². The van der Waals surface area contributed by atoms with Crippen LogP contribution < -0.4 is 15.4 Å². The summed E-state index contributed by atoms with van der Waals surface area (Å²) in [6.07, 6.45) is 8.69. The highest BCUT2D eigenvalue weighted by molar-refractivity contribution is 7.90. The average molecular weight is 450 g/mol. The van der Waals surface area contributed by atoms with Crippen LogP contribution in [0.1, 0.15) is 32.1 Å². The largest absolute Gasteiger partial charge is 0.495 e. The minimum atomic E-state index is -3.34. The summed E-state index contributed by atoms with van der Waals surface area (Å²) in [4.78, 5) is 12.4. The van der Waals surface area contributed by atoms with Gasteiger partial charge < -0.3 is 20.4 Å². The molecular weight excluding hydrogens is 426 g/mol. The molecule has 3 aromatic rings. The maximum Gasteiger partial charge on any atom is 0.231 e. The van der Waals surface area contributed by atoms with Crippen molar-refractivity contribution < 1.29 is 13.2 Å². The Morgan fingerprint density at radius 1 is 1.20 bits per heavy atom. The SMILES string of the molecule is COc1cc(S(C)(=O)=O)ccc1Nc1nc(NC2CCCCC2)c2c(Cl)c[nH]c2n1. The molecule has 2 heterocycles. The highest BCUT2D eigenvalue weighted by Gasteiger charge is 2.19. The molecule has 4 rings (SSSR count). The second-order valence-electron chi connectivity index (χ2n) is 7.49. The molecule has 2 aromatic heterocycles. The van der Waals surface area contributed by atoms with Crippen molar-refractivity contribution in [3.63, 3.8) is 0 Å². The van der Waals surface area contributed by atoms with E-state index >= 15 is 0 Å². The van der Waals surface area contributed by atoms with Gasteiger partial charge in [0.25, 0.3) is 0 Å². The molecule has 1 fully saturated rings. The Morgan fingerprint density at radius 2 is 1.97 bits per heavy atom. The predicted molar refractivity (Wildman–Crippen MR) is 119 cm³/mol. The normalized spacial score (nSPS) is 15.3. The lowest BCUT2D eigenvalue weighted by Crippen LogP contribution is -2.23. The molecule has 30 heavy (non-hydrogen) atoms. The summed E-state index contributed by atoms with van der Waals surface area (Å²) < 4.78 is 29.0. The molecular formula is C20H24ClN5O3S. The minimum absolute atomic E-state index is 0.178. The summed E-state index contributed by atoms with van der Waals surface area (Å²) in [6, 6.07) is 4.98. The first-order chi connectivity index (χ1) is 14.3. The number of ether oxygens (including phenoxy) is 1. The second kappa shape index (κ2) is 8.31. The van der Waals surface area contributed by atoms with E-state index < -0.39 is 9.84 Å². The van der Waals surface area contributed by atoms with Crippen LogP contribution >= 0.6 is 11.6 Å². The molecule has 0 aliphatic heterocycles. The third kappa shape index (κ3) is 4.32. The Kier molecular flexibility index (Phi) is 5.75. The lowest BCUT2D eigenvalue weighted by atomic mass is 9.95. The van der Waals surface area contributed by atoms with Crippen molar-refractivity contribution in [2.75, 3.05) is 24.0 Å². The number of rotatable bonds is 6. The molecule has 0 radical (unpaired) electrons. The summed E-state index contributed by atoms with van der Waals surface area (Å²) in [5.74, 6) is 1.41. The highest BCUT2D eigenvalue weighted by Crippen LogP contribution is 2.34. The fraction of sp³-hybridized carbons (Fsp3) is 0.400. The van der Waals surface area contributed by atoms with Crippen LogP contribution in [0.15, 0.2) is 29.3 Å². The lowest BCUT2D eigenvalue weighted by molar-refractivity contribution is 0.415. The average Bonchev–Trinajstić information content (AvgIpc) is 3.09. The van der Waals surface area contributed by atoms with Gasteiger partial charge in [0.2, 0.25) is 5.95 Å². The van der Waals surface area contributed by atoms with E-state index in [1.807, 2.05) is 0 Å². The van der Waals surface area contributed by atoms with Gasteiger partial charge in [0.15, 0.2) is 9.84 Å². The molecule has 3 N–H and O–H groups in total. The van der Waals surface area contributed by atoms with Gasteiger partial charge in [0, 0.05) is 24.6 Å². The van der Waals surface area contributed by atoms with E-state index in [9.17, 15) is 8.42 Å². The Labute approximate surface area is 180 Å². The number of benzene rings is 1. The Hall–Kier alpha value is -2.52. The van der Waals surface area contributed by atoms with Crippen molar-refractivity contribution in [3.05, 3.63) is 29.4 Å². The first-order valence-electron chi connectivity index (χ1n) is 9.81. The van der Waals surface area contributed by atoms with Crippen LogP contribution in [0.4, 0.5) is 17.5 Å². The van der Waals surface area contributed by atoms with Gasteiger partial charge in [-0.3, -0.25) is 0 Å². The van der Waals surface area contributed by atoms with Gasteiger partial charge in [0.05, 0.1) is 28.1 Å². The van der Waals surface area contributed by atoms with E-state index in [-0.39, 0.29) is 4.90 Å². The molecule has 1 aliphatic carbocycles. The number of aromatic nitrogens is 3. The first-order valence-corrected chi connectivity index (χ1v) is 12.1. The quantitative estimate of drug-likeness (QED) is 0.507. The summed E-state index contributed by atoms with van der Waals surface area (Å²) in [5.41, 5.74) is 1.17. The highest BCUT2D eigenvalue weighted by atomic mass is 35.5. The fourth-order valence-electron chi connectivity index (χ4n) is 3.72. The molecule has 10 heteroatoms. The van der Waals surface area contributed by atoms with Gasteiger partial charge in [-0.15, -0.1) is 0 Å². The van der Waals surface area contributed by atoms with Crippen molar-refractivity contribution in [1.82, 2.24) is 15.0 Å². The summed E-state index contributed by atoms with van der Waals surface area (Å²) in [6.45, 7) is 0. The molecule has 1 aliphatic rings. The van der Waals surface area contributed by atoms with E-state index in [2.05, 4.69) is 25.6 Å². The third-order valence-corrected chi connectivity index (χ3v) is 6.69. The monoisotopic (exact) mass is 449 g/mol. The molecule has 0 atom stereocenters. The number of hydrogen-bond acceptors (Lipinski definition) is 7. The number of halogens is 1. The summed E-state index contributed by atoms with van der Waals surface area (Å²) in [7, 11) is -1.86. The van der Waals surface area contributed by atoms with Crippen LogP contribution in [0.2, 0.25) is 5.02 Å². The summed E-state index contributed by atoms with van der Waals surface area (Å²) in [5, 5.41) is 7.98. The first kappa shape index (κ1) is 20.7. The zero-order valence-corrected chi connectivity index (χ0v) is 18.4. The minimum Gasteiger partial charge on any atom is -0.495 e. The van der Waals surface area contributed by atoms with Crippen LogP contribution in [0.5, 0.6) is 5.75 Å². The topological polar surface area (TPSA) is 109 Å². The van der Waals surface area contributed by atoms with Gasteiger partial charge >= 0.3 is 0 Å². The molecule has 1 aromatic carbocycles. The van der Waals surface area contributed by atoms with Crippen molar-refractivity contribution in [2.24, 2.45) is 0 Å². The fourth-order valence-corrected chi connectivity index (χ4v) is 4.59. The second-order valence-corrected chi connectivity index (χ2v) is 9.92. The van der Waals surface area contributed by atoms with Crippen LogP contribution in [0, 0.1) is 0 Å². The van der Waals surface area contributed by atoms with Crippen LogP contribution in [-0.4, -0.2) is 42.8 Å². The molecule has 1 saturated carbocycles. The number of fused-ring (bicyclic) bond motifs is 1. The maximum absolute atomic E-state index is 11.8. The Bertz CT molecular complexity index is 1170. The Balaban J connectivity index is 1.69. The van der Waals surface area contributed by atoms with Crippen LogP contribution in [0.25, 0.3) is 11.0 Å². The zero-order chi connectivity index (χ0) is 21.3. The van der Waals surface area contributed by atoms with Gasteiger partial charge in [0.1, 0.15) is 17.2 Å². The molecule has 160 valence electrons. The van der Waals surface area contributed by atoms with E-state index in [1.54, 1.807) is 12.3 Å². The Morgan fingerprint density at radius 3 is 2.67 bits per heavy atom. The van der Waals surface area contributed by atoms with Gasteiger partial charge in [-0.25, -0.2) is 8.42 Å². The van der Waals surface area contributed by atoms with Gasteiger partial charge in [-0.2, -0.15) is 9.97 Å². The third-order valence-electron chi connectivity index (χ3n) is 5.28. The summed E-state index contributed by atoms with van der Waals surface area (Å²) >= 11 is 6.37. The number of anilines is 3. The van der Waals surface area contributed by atoms with Crippen molar-refractivity contribution in [2.45, 2.75) is 43.0 Å². The standard InChI is InChI=1S/C20H24ClN5O3S/c1-29-16-10-13(30(2,27)28)8-9-15(16)24-20-25-18-17(14(21)11-22-18)19(26-20)23-12-6-4-3-5-7-12/h8-12H,3-7H2,1-2H3,(H3,22,23,24,25,26). The number of aromatic amines is 1. The molecule has 0 amide bonds. The molecule has 0 saturated heterocycles. The van der Waals surface area contributed by atoms with E-state index in [0.29, 0.717) is 39.9 Å². The number of sulfone groups is 1. The van der Waals surface area contributed by atoms with Gasteiger partial charge in [-0.05, 0) is 25.0 Å². The van der Waals surface area contributed by atoms with Crippen molar-refractivity contribution >= 4 is 49.9 Å². The zero-order valence-electron chi connectivity index (χ0n) is 16.8. The molecule has 8 nitrogen and oxygen atoms in total. The van der Waals surface area contributed by atoms with E-state index in [0.717, 1.165) is 24.5 Å². The molecule has 0 unspecified atom stereocenters. The van der Waals surface area contributed by atoms with Crippen molar-refractivity contribution in [3.8, 4) is 5.75 Å². The van der Waals surface area contributed by atoms with Crippen molar-refractivity contribution in [1.29, 1.82) is 0 Å². The predicted octanol–water partition coefficient (Wildman–Crippen LogP) is 4.51. The number of hydrogen-bond donors (Lipinski definition) is 3. The number of H-pyrrole nitrogens is 1. The van der Waals surface area contributed by atoms with E-state index in [4.69, 9.17) is 16.3 Å². The van der Waals surface area contributed by atoms with Crippen LogP contribution in [0.3, 0.4) is 0 Å². The van der Waals surface area contributed by atoms with Crippen LogP contribution in [-0.2, 0) is 9.84 Å². The number of nitrogens with zero attached hydrogens (tertiary/aromatic N) is 2.